The van der Waals surface area contributed by atoms with Crippen LogP contribution in [-0.2, 0) is 6.54 Å². The van der Waals surface area contributed by atoms with Crippen LogP contribution < -0.4 is 4.90 Å². The van der Waals surface area contributed by atoms with Crippen molar-refractivity contribution in [3.63, 3.8) is 0 Å². The monoisotopic (exact) mass is 622 g/mol. The summed E-state index contributed by atoms with van der Waals surface area (Å²) in [7, 11) is 0. The van der Waals surface area contributed by atoms with E-state index in [9.17, 15) is 20.2 Å². The summed E-state index contributed by atoms with van der Waals surface area (Å²) < 4.78 is 0.941. The number of halogens is 1. The van der Waals surface area contributed by atoms with E-state index in [1.165, 1.54) is 24.3 Å². The SMILES string of the molecule is O=[N+]([O-])c1ccc(C2=Nc3c(n[nH]c3-c3ccc(Br)cc3)N(Cc3ccccc3)[C@H](c3ccc([N+](=O)[O-])cc3)C2)cc1. The first-order chi connectivity index (χ1) is 20.4. The lowest BCUT2D eigenvalue weighted by Gasteiger charge is -2.31. The Hall–Kier alpha value is -5.16. The van der Waals surface area contributed by atoms with Gasteiger partial charge in [0.25, 0.3) is 11.4 Å². The van der Waals surface area contributed by atoms with E-state index in [-0.39, 0.29) is 17.4 Å². The Labute approximate surface area is 248 Å². The molecule has 0 bridgehead atoms. The van der Waals surface area contributed by atoms with E-state index in [0.717, 1.165) is 32.4 Å². The average molecular weight is 623 g/mol. The number of rotatable bonds is 7. The smallest absolute Gasteiger partial charge is 0.269 e. The second kappa shape index (κ2) is 11.4. The summed E-state index contributed by atoms with van der Waals surface area (Å²) in [5, 5.41) is 30.7. The van der Waals surface area contributed by atoms with Crippen molar-refractivity contribution in [2.45, 2.75) is 19.0 Å². The molecule has 0 fully saturated rings. The van der Waals surface area contributed by atoms with E-state index in [1.807, 2.05) is 54.6 Å². The number of non-ortho nitro benzene ring substituents is 2. The van der Waals surface area contributed by atoms with Crippen LogP contribution in [-0.4, -0.2) is 25.8 Å². The number of aliphatic imine (C=N–C) groups is 1. The fourth-order valence-electron chi connectivity index (χ4n) is 5.11. The van der Waals surface area contributed by atoms with Crippen LogP contribution in [0.1, 0.15) is 29.2 Å². The van der Waals surface area contributed by atoms with E-state index in [1.54, 1.807) is 24.3 Å². The number of nitrogens with zero attached hydrogens (tertiary/aromatic N) is 5. The number of fused-ring (bicyclic) bond motifs is 1. The number of nitrogens with one attached hydrogen (secondary N) is 1. The molecule has 4 aromatic carbocycles. The maximum absolute atomic E-state index is 11.4. The van der Waals surface area contributed by atoms with Gasteiger partial charge in [0.05, 0.1) is 27.3 Å². The van der Waals surface area contributed by atoms with Crippen LogP contribution in [0, 0.1) is 20.2 Å². The first kappa shape index (κ1) is 27.0. The fraction of sp³-hybridized carbons (Fsp3) is 0.0968. The molecule has 10 nitrogen and oxygen atoms in total. The molecule has 2 heterocycles. The number of nitro benzene ring substituents is 2. The quantitative estimate of drug-likeness (QED) is 0.145. The van der Waals surface area contributed by atoms with Crippen LogP contribution in [0.15, 0.2) is 113 Å². The Kier molecular flexibility index (Phi) is 7.32. The van der Waals surface area contributed by atoms with Gasteiger partial charge in [-0.3, -0.25) is 25.3 Å². The molecule has 0 spiro atoms. The number of hydrogen-bond donors (Lipinski definition) is 1. The second-order valence-electron chi connectivity index (χ2n) is 9.82. The molecule has 208 valence electrons. The van der Waals surface area contributed by atoms with Gasteiger partial charge in [-0.25, -0.2) is 4.99 Å². The number of nitro groups is 2. The molecule has 1 N–H and O–H groups in total. The van der Waals surface area contributed by atoms with Gasteiger partial charge in [-0.2, -0.15) is 5.10 Å². The van der Waals surface area contributed by atoms with E-state index < -0.39 is 9.85 Å². The van der Waals surface area contributed by atoms with Gasteiger partial charge < -0.3 is 4.90 Å². The lowest BCUT2D eigenvalue weighted by Crippen LogP contribution is -2.29. The Balaban J connectivity index is 1.54. The maximum atomic E-state index is 11.4. The van der Waals surface area contributed by atoms with E-state index >= 15 is 0 Å². The van der Waals surface area contributed by atoms with E-state index in [4.69, 9.17) is 10.1 Å². The molecule has 0 saturated heterocycles. The third kappa shape index (κ3) is 5.41. The minimum atomic E-state index is -0.431. The number of H-pyrrole nitrogens is 1. The highest BCUT2D eigenvalue weighted by molar-refractivity contribution is 9.10. The standard InChI is InChI=1S/C31H23BrN6O4/c32-24-12-6-23(7-13-24)29-30-31(35-34-29)36(19-20-4-2-1-3-5-20)28(22-10-16-26(17-11-22)38(41)42)18-27(33-30)21-8-14-25(15-9-21)37(39)40/h1-17,28H,18-19H2,(H,34,35)/t28-/m0/s1. The van der Waals surface area contributed by atoms with Crippen LogP contribution >= 0.6 is 15.9 Å². The van der Waals surface area contributed by atoms with Gasteiger partial charge in [-0.05, 0) is 41.0 Å². The van der Waals surface area contributed by atoms with E-state index in [0.29, 0.717) is 30.2 Å². The number of benzene rings is 4. The summed E-state index contributed by atoms with van der Waals surface area (Å²) >= 11 is 3.49. The Morgan fingerprint density at radius 1 is 0.810 bits per heavy atom. The maximum Gasteiger partial charge on any atom is 0.269 e. The zero-order chi connectivity index (χ0) is 29.2. The number of anilines is 1. The van der Waals surface area contributed by atoms with Crippen LogP contribution in [0.4, 0.5) is 22.9 Å². The molecule has 1 aliphatic heterocycles. The molecule has 1 aliphatic rings. The van der Waals surface area contributed by atoms with Crippen molar-refractivity contribution >= 4 is 44.5 Å². The molecular weight excluding hydrogens is 600 g/mol. The molecule has 11 heteroatoms. The molecule has 0 saturated carbocycles. The Morgan fingerprint density at radius 3 is 2.02 bits per heavy atom. The Bertz CT molecular complexity index is 1790. The lowest BCUT2D eigenvalue weighted by atomic mass is 9.95. The number of aromatic nitrogens is 2. The summed E-state index contributed by atoms with van der Waals surface area (Å²) in [4.78, 5) is 29.2. The molecular formula is C31H23BrN6O4. The molecule has 0 unspecified atom stereocenters. The van der Waals surface area contributed by atoms with Crippen LogP contribution in [0.25, 0.3) is 11.3 Å². The minimum absolute atomic E-state index is 0.00391. The topological polar surface area (TPSA) is 131 Å². The van der Waals surface area contributed by atoms with Crippen molar-refractivity contribution in [3.05, 3.63) is 145 Å². The molecule has 0 aliphatic carbocycles. The fourth-order valence-corrected chi connectivity index (χ4v) is 5.38. The van der Waals surface area contributed by atoms with Gasteiger partial charge in [0, 0.05) is 47.3 Å². The molecule has 0 radical (unpaired) electrons. The predicted octanol–water partition coefficient (Wildman–Crippen LogP) is 7.93. The van der Waals surface area contributed by atoms with E-state index in [2.05, 4.69) is 25.9 Å². The second-order valence-corrected chi connectivity index (χ2v) is 10.7. The largest absolute Gasteiger partial charge is 0.342 e. The van der Waals surface area contributed by atoms with Crippen LogP contribution in [0.3, 0.4) is 0 Å². The van der Waals surface area contributed by atoms with Crippen molar-refractivity contribution in [3.8, 4) is 11.3 Å². The van der Waals surface area contributed by atoms with Crippen molar-refractivity contribution in [1.29, 1.82) is 0 Å². The third-order valence-electron chi connectivity index (χ3n) is 7.23. The summed E-state index contributed by atoms with van der Waals surface area (Å²) in [6.45, 7) is 0.503. The number of aromatic amines is 1. The van der Waals surface area contributed by atoms with Gasteiger partial charge in [0.15, 0.2) is 5.82 Å². The normalized spacial score (nSPS) is 14.5. The van der Waals surface area contributed by atoms with Crippen LogP contribution in [0.2, 0.25) is 0 Å². The summed E-state index contributed by atoms with van der Waals surface area (Å²) in [6.07, 6.45) is 0.429. The van der Waals surface area contributed by atoms with Gasteiger partial charge in [-0.1, -0.05) is 70.5 Å². The van der Waals surface area contributed by atoms with Gasteiger partial charge in [-0.15, -0.1) is 0 Å². The highest BCUT2D eigenvalue weighted by Crippen LogP contribution is 2.45. The minimum Gasteiger partial charge on any atom is -0.342 e. The van der Waals surface area contributed by atoms with Crippen molar-refractivity contribution < 1.29 is 9.85 Å². The van der Waals surface area contributed by atoms with Gasteiger partial charge >= 0.3 is 0 Å². The summed E-state index contributed by atoms with van der Waals surface area (Å²) in [6, 6.07) is 30.4. The van der Waals surface area contributed by atoms with Gasteiger partial charge in [0.2, 0.25) is 0 Å². The first-order valence-corrected chi connectivity index (χ1v) is 13.9. The molecule has 42 heavy (non-hydrogen) atoms. The molecule has 1 aromatic heterocycles. The third-order valence-corrected chi connectivity index (χ3v) is 7.76. The summed E-state index contributed by atoms with van der Waals surface area (Å²) in [5.74, 6) is 0.636. The van der Waals surface area contributed by atoms with Gasteiger partial charge in [0.1, 0.15) is 5.69 Å². The van der Waals surface area contributed by atoms with Crippen molar-refractivity contribution in [2.75, 3.05) is 4.90 Å². The zero-order valence-corrected chi connectivity index (χ0v) is 23.6. The number of hydrogen-bond acceptors (Lipinski definition) is 7. The molecule has 0 amide bonds. The van der Waals surface area contributed by atoms with Crippen LogP contribution in [0.5, 0.6) is 0 Å². The average Bonchev–Trinajstić information content (AvgIpc) is 3.35. The highest BCUT2D eigenvalue weighted by atomic mass is 79.9. The predicted molar refractivity (Wildman–Crippen MR) is 164 cm³/mol. The lowest BCUT2D eigenvalue weighted by molar-refractivity contribution is -0.385. The molecule has 5 aromatic rings. The first-order valence-electron chi connectivity index (χ1n) is 13.1. The Morgan fingerprint density at radius 2 is 1.40 bits per heavy atom. The summed E-state index contributed by atoms with van der Waals surface area (Å²) in [5.41, 5.74) is 5.63. The molecule has 1 atom stereocenters. The zero-order valence-electron chi connectivity index (χ0n) is 22.1. The van der Waals surface area contributed by atoms with Crippen molar-refractivity contribution in [1.82, 2.24) is 10.2 Å². The highest BCUT2D eigenvalue weighted by Gasteiger charge is 2.32. The molecule has 6 rings (SSSR count). The van der Waals surface area contributed by atoms with Crippen molar-refractivity contribution in [2.24, 2.45) is 4.99 Å².